The van der Waals surface area contributed by atoms with Gasteiger partial charge in [-0.1, -0.05) is 6.07 Å². The van der Waals surface area contributed by atoms with Gasteiger partial charge < -0.3 is 15.3 Å². The van der Waals surface area contributed by atoms with Crippen molar-refractivity contribution in [1.29, 1.82) is 0 Å². The van der Waals surface area contributed by atoms with E-state index in [1.165, 1.54) is 0 Å². The summed E-state index contributed by atoms with van der Waals surface area (Å²) in [5.41, 5.74) is 0. The number of carboxylic acid groups (broad SMARTS) is 1. The molecule has 0 bridgehead atoms. The van der Waals surface area contributed by atoms with Crippen molar-refractivity contribution in [1.82, 2.24) is 10.2 Å². The zero-order valence-electron chi connectivity index (χ0n) is 11.5. The summed E-state index contributed by atoms with van der Waals surface area (Å²) in [5, 5.41) is 13.9. The number of hydrogen-bond acceptors (Lipinski definition) is 3. The van der Waals surface area contributed by atoms with Crippen molar-refractivity contribution >= 4 is 23.3 Å². The second-order valence-corrected chi connectivity index (χ2v) is 6.30. The molecule has 2 rings (SSSR count). The predicted octanol–water partition coefficient (Wildman–Crippen LogP) is 2.53. The molecule has 6 heteroatoms. The molecule has 5 nitrogen and oxygen atoms in total. The minimum atomic E-state index is -0.718. The van der Waals surface area contributed by atoms with E-state index in [1.54, 1.807) is 23.3 Å². The number of nitrogens with one attached hydrogen (secondary N) is 1. The van der Waals surface area contributed by atoms with Gasteiger partial charge in [-0.3, -0.25) is 4.79 Å². The van der Waals surface area contributed by atoms with Crippen molar-refractivity contribution in [3.8, 4) is 0 Å². The number of carboxylic acids is 1. The summed E-state index contributed by atoms with van der Waals surface area (Å²) in [6, 6.07) is 3.99. The molecule has 0 spiro atoms. The number of aliphatic carboxylic acids is 1. The monoisotopic (exact) mass is 296 g/mol. The minimum Gasteiger partial charge on any atom is -0.481 e. The summed E-state index contributed by atoms with van der Waals surface area (Å²) in [4.78, 5) is 25.7. The van der Waals surface area contributed by atoms with Gasteiger partial charge in [0.15, 0.2) is 0 Å². The molecule has 0 aromatic carbocycles. The number of nitrogens with zero attached hydrogens (tertiary/aromatic N) is 1. The molecule has 1 aromatic rings. The molecule has 1 aromatic heterocycles. The highest BCUT2D eigenvalue weighted by molar-refractivity contribution is 7.09. The third kappa shape index (κ3) is 3.96. The smallest absolute Gasteiger partial charge is 0.317 e. The summed E-state index contributed by atoms with van der Waals surface area (Å²) in [6.07, 6.45) is 2.79. The Morgan fingerprint density at radius 2 is 2.10 bits per heavy atom. The van der Waals surface area contributed by atoms with Crippen LogP contribution in [0, 0.1) is 5.92 Å². The number of rotatable bonds is 4. The maximum absolute atomic E-state index is 12.1. The van der Waals surface area contributed by atoms with Crippen LogP contribution in [0.2, 0.25) is 0 Å². The van der Waals surface area contributed by atoms with E-state index in [1.807, 2.05) is 17.5 Å². The highest BCUT2D eigenvalue weighted by atomic mass is 32.1. The van der Waals surface area contributed by atoms with Crippen LogP contribution in [0.3, 0.4) is 0 Å². The Bertz CT molecular complexity index is 453. The van der Waals surface area contributed by atoms with E-state index in [4.69, 9.17) is 5.11 Å². The van der Waals surface area contributed by atoms with Crippen molar-refractivity contribution in [2.75, 3.05) is 7.05 Å². The Hall–Kier alpha value is -1.56. The van der Waals surface area contributed by atoms with Crippen LogP contribution < -0.4 is 5.32 Å². The van der Waals surface area contributed by atoms with Crippen molar-refractivity contribution in [3.63, 3.8) is 0 Å². The fraction of sp³-hybridized carbons (Fsp3) is 0.571. The summed E-state index contributed by atoms with van der Waals surface area (Å²) in [6.45, 7) is 0.605. The summed E-state index contributed by atoms with van der Waals surface area (Å²) < 4.78 is 0. The first-order valence-corrected chi connectivity index (χ1v) is 7.71. The van der Waals surface area contributed by atoms with E-state index in [2.05, 4.69) is 5.32 Å². The van der Waals surface area contributed by atoms with Gasteiger partial charge in [0, 0.05) is 18.0 Å². The van der Waals surface area contributed by atoms with Crippen molar-refractivity contribution in [2.24, 2.45) is 5.92 Å². The quantitative estimate of drug-likeness (QED) is 0.897. The van der Waals surface area contributed by atoms with Crippen LogP contribution in [0.5, 0.6) is 0 Å². The van der Waals surface area contributed by atoms with Crippen molar-refractivity contribution in [3.05, 3.63) is 22.4 Å². The Balaban J connectivity index is 1.76. The predicted molar refractivity (Wildman–Crippen MR) is 77.7 cm³/mol. The third-order valence-electron chi connectivity index (χ3n) is 3.72. The van der Waals surface area contributed by atoms with E-state index in [9.17, 15) is 9.59 Å². The van der Waals surface area contributed by atoms with Gasteiger partial charge in [-0.25, -0.2) is 4.79 Å². The Kier molecular flexibility index (Phi) is 5.00. The van der Waals surface area contributed by atoms with Crippen molar-refractivity contribution in [2.45, 2.75) is 38.3 Å². The summed E-state index contributed by atoms with van der Waals surface area (Å²) in [5.74, 6) is -0.961. The van der Waals surface area contributed by atoms with E-state index >= 15 is 0 Å². The lowest BCUT2D eigenvalue weighted by Crippen LogP contribution is -2.44. The van der Waals surface area contributed by atoms with Crippen LogP contribution >= 0.6 is 11.3 Å². The Morgan fingerprint density at radius 1 is 1.40 bits per heavy atom. The first-order valence-electron chi connectivity index (χ1n) is 6.83. The van der Waals surface area contributed by atoms with Gasteiger partial charge in [0.2, 0.25) is 0 Å². The topological polar surface area (TPSA) is 69.6 Å². The largest absolute Gasteiger partial charge is 0.481 e. The number of urea groups is 1. The maximum Gasteiger partial charge on any atom is 0.317 e. The fourth-order valence-electron chi connectivity index (χ4n) is 2.48. The average Bonchev–Trinajstić information content (AvgIpc) is 2.92. The van der Waals surface area contributed by atoms with Gasteiger partial charge in [0.25, 0.3) is 0 Å². The second-order valence-electron chi connectivity index (χ2n) is 5.27. The molecular weight excluding hydrogens is 276 g/mol. The normalized spacial score (nSPS) is 22.2. The molecule has 0 aliphatic heterocycles. The van der Waals surface area contributed by atoms with Crippen LogP contribution in [0.1, 0.15) is 30.6 Å². The second kappa shape index (κ2) is 6.74. The standard InChI is InChI=1S/C14H20N2O3S/c1-16(9-12-3-2-8-20-12)14(19)15-11-6-4-10(5-7-11)13(17)18/h2-3,8,10-11H,4-7,9H2,1H3,(H,15,19)(H,17,18). The molecule has 2 amide bonds. The molecule has 1 saturated carbocycles. The molecule has 0 radical (unpaired) electrons. The first-order chi connectivity index (χ1) is 9.56. The van der Waals surface area contributed by atoms with Crippen LogP contribution in [0.4, 0.5) is 4.79 Å². The van der Waals surface area contributed by atoms with Gasteiger partial charge in [0.1, 0.15) is 0 Å². The molecular formula is C14H20N2O3S. The number of amides is 2. The number of thiophene rings is 1. The maximum atomic E-state index is 12.1. The number of carbonyl (C=O) groups excluding carboxylic acids is 1. The lowest BCUT2D eigenvalue weighted by molar-refractivity contribution is -0.142. The Morgan fingerprint density at radius 3 is 2.65 bits per heavy atom. The Labute approximate surface area is 122 Å². The molecule has 20 heavy (non-hydrogen) atoms. The van der Waals surface area contributed by atoms with Gasteiger partial charge in [-0.15, -0.1) is 11.3 Å². The molecule has 110 valence electrons. The lowest BCUT2D eigenvalue weighted by atomic mass is 9.86. The third-order valence-corrected chi connectivity index (χ3v) is 4.58. The van der Waals surface area contributed by atoms with E-state index in [-0.39, 0.29) is 18.0 Å². The fourth-order valence-corrected chi connectivity index (χ4v) is 3.23. The van der Waals surface area contributed by atoms with E-state index < -0.39 is 5.97 Å². The first kappa shape index (κ1) is 14.8. The zero-order chi connectivity index (χ0) is 14.5. The molecule has 1 aliphatic rings. The van der Waals surface area contributed by atoms with E-state index in [0.29, 0.717) is 19.4 Å². The van der Waals surface area contributed by atoms with Crippen LogP contribution in [0.15, 0.2) is 17.5 Å². The molecule has 2 N–H and O–H groups in total. The average molecular weight is 296 g/mol. The highest BCUT2D eigenvalue weighted by Gasteiger charge is 2.27. The number of hydrogen-bond donors (Lipinski definition) is 2. The van der Waals surface area contributed by atoms with Crippen LogP contribution in [-0.2, 0) is 11.3 Å². The SMILES string of the molecule is CN(Cc1cccs1)C(=O)NC1CCC(C(=O)O)CC1. The molecule has 1 aliphatic carbocycles. The molecule has 0 atom stereocenters. The number of carbonyl (C=O) groups is 2. The van der Waals surface area contributed by atoms with Crippen molar-refractivity contribution < 1.29 is 14.7 Å². The highest BCUT2D eigenvalue weighted by Crippen LogP contribution is 2.24. The van der Waals surface area contributed by atoms with Gasteiger partial charge in [0.05, 0.1) is 12.5 Å². The molecule has 1 fully saturated rings. The van der Waals surface area contributed by atoms with E-state index in [0.717, 1.165) is 17.7 Å². The molecule has 1 heterocycles. The van der Waals surface area contributed by atoms with Gasteiger partial charge >= 0.3 is 12.0 Å². The molecule has 0 saturated heterocycles. The summed E-state index contributed by atoms with van der Waals surface area (Å²) in [7, 11) is 1.78. The lowest BCUT2D eigenvalue weighted by Gasteiger charge is -2.28. The molecule has 0 unspecified atom stereocenters. The van der Waals surface area contributed by atoms with Crippen LogP contribution in [0.25, 0.3) is 0 Å². The minimum absolute atomic E-state index is 0.0859. The van der Waals surface area contributed by atoms with Crippen LogP contribution in [-0.4, -0.2) is 35.1 Å². The summed E-state index contributed by atoms with van der Waals surface area (Å²) >= 11 is 1.63. The van der Waals surface area contributed by atoms with Gasteiger partial charge in [-0.2, -0.15) is 0 Å². The van der Waals surface area contributed by atoms with Gasteiger partial charge in [-0.05, 0) is 37.1 Å². The zero-order valence-corrected chi connectivity index (χ0v) is 12.4.